The standard InChI is InChI=1S/C22H18BrCl3FNO2/c1-2-29-21-8-13(11-28-14-6-7-20(27)19(26)9-14)16(23)10-22(21)30-12-15-17(24)4-3-5-18(15)25/h3-10,28H,2,11-12H2,1H3. The van der Waals surface area contributed by atoms with Crippen LogP contribution in [0.25, 0.3) is 0 Å². The van der Waals surface area contributed by atoms with Crippen LogP contribution in [-0.4, -0.2) is 6.61 Å². The van der Waals surface area contributed by atoms with Gasteiger partial charge in [0.1, 0.15) is 12.4 Å². The maximum Gasteiger partial charge on any atom is 0.162 e. The molecular weight excluding hydrogens is 516 g/mol. The minimum absolute atomic E-state index is 0.0658. The zero-order valence-electron chi connectivity index (χ0n) is 15.9. The van der Waals surface area contributed by atoms with Gasteiger partial charge in [0.25, 0.3) is 0 Å². The van der Waals surface area contributed by atoms with Crippen molar-refractivity contribution in [3.05, 3.63) is 85.0 Å². The number of hydrogen-bond acceptors (Lipinski definition) is 3. The lowest BCUT2D eigenvalue weighted by molar-refractivity contribution is 0.269. The monoisotopic (exact) mass is 531 g/mol. The molecule has 0 saturated carbocycles. The van der Waals surface area contributed by atoms with Crippen LogP contribution in [0.1, 0.15) is 18.1 Å². The predicted octanol–water partition coefficient (Wildman–Crippen LogP) is 8.14. The Labute approximate surface area is 198 Å². The van der Waals surface area contributed by atoms with E-state index in [0.717, 1.165) is 10.0 Å². The van der Waals surface area contributed by atoms with Gasteiger partial charge in [0.2, 0.25) is 0 Å². The molecule has 0 heterocycles. The van der Waals surface area contributed by atoms with E-state index in [0.29, 0.717) is 45.9 Å². The van der Waals surface area contributed by atoms with Gasteiger partial charge < -0.3 is 14.8 Å². The molecule has 0 bridgehead atoms. The Morgan fingerprint density at radius 2 is 1.63 bits per heavy atom. The van der Waals surface area contributed by atoms with E-state index in [-0.39, 0.29) is 11.6 Å². The zero-order chi connectivity index (χ0) is 21.7. The van der Waals surface area contributed by atoms with Gasteiger partial charge in [-0.05, 0) is 55.0 Å². The van der Waals surface area contributed by atoms with Gasteiger partial charge >= 0.3 is 0 Å². The summed E-state index contributed by atoms with van der Waals surface area (Å²) in [5.74, 6) is 0.702. The fourth-order valence-corrected chi connectivity index (χ4v) is 3.87. The molecule has 0 aliphatic heterocycles. The topological polar surface area (TPSA) is 30.5 Å². The molecule has 3 nitrogen and oxygen atoms in total. The van der Waals surface area contributed by atoms with E-state index in [1.54, 1.807) is 30.3 Å². The van der Waals surface area contributed by atoms with Crippen molar-refractivity contribution in [2.24, 2.45) is 0 Å². The van der Waals surface area contributed by atoms with Crippen molar-refractivity contribution in [2.75, 3.05) is 11.9 Å². The average Bonchev–Trinajstić information content (AvgIpc) is 2.71. The van der Waals surface area contributed by atoms with E-state index in [2.05, 4.69) is 21.2 Å². The summed E-state index contributed by atoms with van der Waals surface area (Å²) < 4.78 is 25.9. The predicted molar refractivity (Wildman–Crippen MR) is 125 cm³/mol. The first-order chi connectivity index (χ1) is 14.4. The second-order valence-corrected chi connectivity index (χ2v) is 8.37. The number of hydrogen-bond donors (Lipinski definition) is 1. The molecule has 8 heteroatoms. The van der Waals surface area contributed by atoms with Gasteiger partial charge in [-0.2, -0.15) is 0 Å². The maximum absolute atomic E-state index is 13.3. The van der Waals surface area contributed by atoms with Gasteiger partial charge in [-0.25, -0.2) is 4.39 Å². The first-order valence-corrected chi connectivity index (χ1v) is 11.0. The molecule has 0 spiro atoms. The molecule has 3 aromatic carbocycles. The van der Waals surface area contributed by atoms with Crippen molar-refractivity contribution >= 4 is 56.4 Å². The van der Waals surface area contributed by atoms with E-state index in [9.17, 15) is 4.39 Å². The largest absolute Gasteiger partial charge is 0.490 e. The Kier molecular flexibility index (Phi) is 8.12. The van der Waals surface area contributed by atoms with Crippen LogP contribution in [0.5, 0.6) is 11.5 Å². The highest BCUT2D eigenvalue weighted by Gasteiger charge is 2.13. The summed E-state index contributed by atoms with van der Waals surface area (Å²) in [4.78, 5) is 0. The second-order valence-electron chi connectivity index (χ2n) is 6.29. The highest BCUT2D eigenvalue weighted by molar-refractivity contribution is 9.10. The molecule has 3 aromatic rings. The summed E-state index contributed by atoms with van der Waals surface area (Å²) in [6, 6.07) is 13.5. The number of ether oxygens (including phenoxy) is 2. The molecule has 0 amide bonds. The van der Waals surface area contributed by atoms with Gasteiger partial charge in [-0.1, -0.05) is 56.8 Å². The highest BCUT2D eigenvalue weighted by atomic mass is 79.9. The Morgan fingerprint density at radius 3 is 2.30 bits per heavy atom. The molecule has 3 rings (SSSR count). The second kappa shape index (κ2) is 10.6. The third-order valence-corrected chi connectivity index (χ3v) is 5.98. The van der Waals surface area contributed by atoms with Gasteiger partial charge in [-0.15, -0.1) is 0 Å². The lowest BCUT2D eigenvalue weighted by atomic mass is 10.2. The summed E-state index contributed by atoms with van der Waals surface area (Å²) in [5.41, 5.74) is 2.35. The Bertz CT molecular complexity index is 1030. The number of halogens is 5. The van der Waals surface area contributed by atoms with Crippen molar-refractivity contribution in [1.29, 1.82) is 0 Å². The third-order valence-electron chi connectivity index (χ3n) is 4.25. The average molecular weight is 534 g/mol. The smallest absolute Gasteiger partial charge is 0.162 e. The number of rotatable bonds is 8. The van der Waals surface area contributed by atoms with Crippen LogP contribution in [0.4, 0.5) is 10.1 Å². The molecule has 30 heavy (non-hydrogen) atoms. The van der Waals surface area contributed by atoms with Gasteiger partial charge in [0.15, 0.2) is 11.5 Å². The minimum Gasteiger partial charge on any atom is -0.490 e. The minimum atomic E-state index is -0.456. The van der Waals surface area contributed by atoms with E-state index >= 15 is 0 Å². The summed E-state index contributed by atoms with van der Waals surface area (Å²) in [6.07, 6.45) is 0. The van der Waals surface area contributed by atoms with Gasteiger partial charge in [0.05, 0.1) is 11.6 Å². The first kappa shape index (κ1) is 23.0. The van der Waals surface area contributed by atoms with Crippen LogP contribution >= 0.6 is 50.7 Å². The molecule has 158 valence electrons. The molecule has 0 unspecified atom stereocenters. The fraction of sp³-hybridized carbons (Fsp3) is 0.182. The van der Waals surface area contributed by atoms with Crippen molar-refractivity contribution in [1.82, 2.24) is 0 Å². The normalized spacial score (nSPS) is 10.7. The van der Waals surface area contributed by atoms with E-state index in [1.165, 1.54) is 6.07 Å². The third kappa shape index (κ3) is 5.73. The number of benzene rings is 3. The van der Waals surface area contributed by atoms with Crippen LogP contribution in [0.2, 0.25) is 15.1 Å². The van der Waals surface area contributed by atoms with Crippen molar-refractivity contribution in [2.45, 2.75) is 20.1 Å². The van der Waals surface area contributed by atoms with E-state index in [1.807, 2.05) is 19.1 Å². The van der Waals surface area contributed by atoms with Gasteiger partial charge in [0, 0.05) is 32.3 Å². The molecule has 0 atom stereocenters. The summed E-state index contributed by atoms with van der Waals surface area (Å²) in [7, 11) is 0. The fourth-order valence-electron chi connectivity index (χ4n) is 2.72. The summed E-state index contributed by atoms with van der Waals surface area (Å²) in [6.45, 7) is 3.05. The quantitative estimate of drug-likeness (QED) is 0.317. The van der Waals surface area contributed by atoms with Crippen molar-refractivity contribution < 1.29 is 13.9 Å². The molecule has 0 aromatic heterocycles. The van der Waals surface area contributed by atoms with E-state index in [4.69, 9.17) is 44.3 Å². The highest BCUT2D eigenvalue weighted by Crippen LogP contribution is 2.36. The van der Waals surface area contributed by atoms with Crippen LogP contribution in [0.3, 0.4) is 0 Å². The van der Waals surface area contributed by atoms with Crippen LogP contribution in [0.15, 0.2) is 53.0 Å². The number of nitrogens with one attached hydrogen (secondary N) is 1. The Balaban J connectivity index is 1.78. The van der Waals surface area contributed by atoms with Crippen molar-refractivity contribution in [3.8, 4) is 11.5 Å². The summed E-state index contributed by atoms with van der Waals surface area (Å²) in [5, 5.41) is 4.37. The van der Waals surface area contributed by atoms with Crippen LogP contribution in [0, 0.1) is 5.82 Å². The van der Waals surface area contributed by atoms with E-state index < -0.39 is 5.82 Å². The zero-order valence-corrected chi connectivity index (χ0v) is 19.8. The molecule has 0 radical (unpaired) electrons. The number of anilines is 1. The Morgan fingerprint density at radius 1 is 0.933 bits per heavy atom. The van der Waals surface area contributed by atoms with Gasteiger partial charge in [-0.3, -0.25) is 0 Å². The molecule has 1 N–H and O–H groups in total. The van der Waals surface area contributed by atoms with Crippen LogP contribution in [-0.2, 0) is 13.2 Å². The maximum atomic E-state index is 13.3. The molecule has 0 fully saturated rings. The SMILES string of the molecule is CCOc1cc(CNc2ccc(F)c(Cl)c2)c(Br)cc1OCc1c(Cl)cccc1Cl. The lowest BCUT2D eigenvalue weighted by Crippen LogP contribution is -2.04. The van der Waals surface area contributed by atoms with Crippen molar-refractivity contribution in [3.63, 3.8) is 0 Å². The summed E-state index contributed by atoms with van der Waals surface area (Å²) >= 11 is 21.9. The Hall–Kier alpha value is -1.66. The van der Waals surface area contributed by atoms with Crippen LogP contribution < -0.4 is 14.8 Å². The molecular formula is C22H18BrCl3FNO2. The lowest BCUT2D eigenvalue weighted by Gasteiger charge is -2.16. The molecule has 0 aliphatic carbocycles. The first-order valence-electron chi connectivity index (χ1n) is 9.09. The molecule has 0 saturated heterocycles. The molecule has 0 aliphatic rings.